The summed E-state index contributed by atoms with van der Waals surface area (Å²) in [6.45, 7) is 3.50. The number of alkyl halides is 1. The van der Waals surface area contributed by atoms with Gasteiger partial charge in [-0.3, -0.25) is 4.79 Å². The van der Waals surface area contributed by atoms with Gasteiger partial charge < -0.3 is 4.90 Å². The molecule has 110 valence electrons. The van der Waals surface area contributed by atoms with Crippen LogP contribution in [0.1, 0.15) is 23.7 Å². The molecule has 1 aromatic carbocycles. The summed E-state index contributed by atoms with van der Waals surface area (Å²) < 4.78 is 1.72. The number of carbonyl (C=O) groups is 1. The third kappa shape index (κ3) is 2.95. The van der Waals surface area contributed by atoms with Crippen molar-refractivity contribution in [1.82, 2.24) is 14.7 Å². The molecule has 2 atom stereocenters. The van der Waals surface area contributed by atoms with Crippen LogP contribution in [0.5, 0.6) is 0 Å². The molecular formula is C16H18ClN3O. The number of aromatic nitrogens is 2. The number of amides is 1. The molecule has 2 unspecified atom stereocenters. The second-order valence-corrected chi connectivity index (χ2v) is 6.10. The first-order valence-electron chi connectivity index (χ1n) is 7.18. The summed E-state index contributed by atoms with van der Waals surface area (Å²) in [6, 6.07) is 9.76. The van der Waals surface area contributed by atoms with Crippen LogP contribution in [0, 0.1) is 5.92 Å². The molecule has 1 aliphatic rings. The highest BCUT2D eigenvalue weighted by atomic mass is 35.5. The predicted molar refractivity (Wildman–Crippen MR) is 82.9 cm³/mol. The molecule has 0 aliphatic carbocycles. The number of carbonyl (C=O) groups excluding carboxylic acids is 1. The van der Waals surface area contributed by atoms with Gasteiger partial charge in [-0.15, -0.1) is 11.6 Å². The highest BCUT2D eigenvalue weighted by Gasteiger charge is 2.28. The van der Waals surface area contributed by atoms with Gasteiger partial charge in [-0.05, 0) is 24.5 Å². The van der Waals surface area contributed by atoms with Gasteiger partial charge in [-0.25, -0.2) is 4.68 Å². The summed E-state index contributed by atoms with van der Waals surface area (Å²) in [5.41, 5.74) is 1.55. The van der Waals surface area contributed by atoms with Crippen LogP contribution in [0.25, 0.3) is 5.69 Å². The first kappa shape index (κ1) is 14.1. The maximum absolute atomic E-state index is 12.5. The van der Waals surface area contributed by atoms with E-state index in [0.29, 0.717) is 18.0 Å². The summed E-state index contributed by atoms with van der Waals surface area (Å²) >= 11 is 6.28. The van der Waals surface area contributed by atoms with Crippen LogP contribution in [-0.2, 0) is 0 Å². The van der Waals surface area contributed by atoms with Crippen LogP contribution in [-0.4, -0.2) is 39.1 Å². The molecule has 0 radical (unpaired) electrons. The molecule has 0 bridgehead atoms. The van der Waals surface area contributed by atoms with E-state index in [1.54, 1.807) is 17.1 Å². The lowest BCUT2D eigenvalue weighted by atomic mass is 9.98. The van der Waals surface area contributed by atoms with E-state index in [1.165, 1.54) is 0 Å². The van der Waals surface area contributed by atoms with Crippen LogP contribution in [0.3, 0.4) is 0 Å². The fraction of sp³-hybridized carbons (Fsp3) is 0.375. The molecule has 5 heteroatoms. The Hall–Kier alpha value is -1.81. The number of piperidine rings is 1. The first-order chi connectivity index (χ1) is 10.1. The quantitative estimate of drug-likeness (QED) is 0.800. The smallest absolute Gasteiger partial charge is 0.257 e. The number of halogens is 1. The highest BCUT2D eigenvalue weighted by molar-refractivity contribution is 6.21. The van der Waals surface area contributed by atoms with Gasteiger partial charge in [0.1, 0.15) is 0 Å². The molecule has 0 saturated carbocycles. The highest BCUT2D eigenvalue weighted by Crippen LogP contribution is 2.23. The second kappa shape index (κ2) is 5.90. The van der Waals surface area contributed by atoms with Crippen molar-refractivity contribution in [1.29, 1.82) is 0 Å². The standard InChI is InChI=1S/C16H18ClN3O/c1-12-7-8-19(11-15(12)17)16(21)13-9-18-20(10-13)14-5-3-2-4-6-14/h2-6,9-10,12,15H,7-8,11H2,1H3. The lowest BCUT2D eigenvalue weighted by Gasteiger charge is -2.33. The zero-order chi connectivity index (χ0) is 14.8. The zero-order valence-corrected chi connectivity index (χ0v) is 12.7. The lowest BCUT2D eigenvalue weighted by Crippen LogP contribution is -2.43. The molecule has 1 saturated heterocycles. The molecule has 1 aromatic heterocycles. The SMILES string of the molecule is CC1CCN(C(=O)c2cnn(-c3ccccc3)c2)CC1Cl. The Morgan fingerprint density at radius 3 is 2.81 bits per heavy atom. The van der Waals surface area contributed by atoms with Gasteiger partial charge in [0.2, 0.25) is 0 Å². The van der Waals surface area contributed by atoms with Crippen LogP contribution >= 0.6 is 11.6 Å². The summed E-state index contributed by atoms with van der Waals surface area (Å²) in [5.74, 6) is 0.470. The third-order valence-electron chi connectivity index (χ3n) is 4.00. The Morgan fingerprint density at radius 2 is 2.10 bits per heavy atom. The number of hydrogen-bond donors (Lipinski definition) is 0. The van der Waals surface area contributed by atoms with E-state index in [-0.39, 0.29) is 11.3 Å². The number of nitrogens with zero attached hydrogens (tertiary/aromatic N) is 3. The van der Waals surface area contributed by atoms with Crippen molar-refractivity contribution >= 4 is 17.5 Å². The Kier molecular flexibility index (Phi) is 3.97. The predicted octanol–water partition coefficient (Wildman–Crippen LogP) is 2.96. The van der Waals surface area contributed by atoms with Gasteiger partial charge in [-0.2, -0.15) is 5.10 Å². The Labute approximate surface area is 129 Å². The fourth-order valence-corrected chi connectivity index (χ4v) is 2.84. The molecule has 2 aromatic rings. The Morgan fingerprint density at radius 1 is 1.33 bits per heavy atom. The minimum absolute atomic E-state index is 0.00901. The molecular weight excluding hydrogens is 286 g/mol. The number of rotatable bonds is 2. The zero-order valence-electron chi connectivity index (χ0n) is 11.9. The van der Waals surface area contributed by atoms with E-state index in [4.69, 9.17) is 11.6 Å². The minimum atomic E-state index is 0.00901. The number of hydrogen-bond acceptors (Lipinski definition) is 2. The van der Waals surface area contributed by atoms with Crippen molar-refractivity contribution in [2.45, 2.75) is 18.7 Å². The van der Waals surface area contributed by atoms with Crippen LogP contribution < -0.4 is 0 Å². The van der Waals surface area contributed by atoms with Crippen molar-refractivity contribution in [2.75, 3.05) is 13.1 Å². The molecule has 1 amide bonds. The lowest BCUT2D eigenvalue weighted by molar-refractivity contribution is 0.0701. The van der Waals surface area contributed by atoms with Gasteiger partial charge >= 0.3 is 0 Å². The van der Waals surface area contributed by atoms with Gasteiger partial charge in [0, 0.05) is 19.3 Å². The minimum Gasteiger partial charge on any atom is -0.337 e. The van der Waals surface area contributed by atoms with E-state index in [9.17, 15) is 4.79 Å². The Balaban J connectivity index is 1.76. The summed E-state index contributed by atoms with van der Waals surface area (Å²) in [5, 5.41) is 4.31. The fourth-order valence-electron chi connectivity index (χ4n) is 2.54. The summed E-state index contributed by atoms with van der Waals surface area (Å²) in [7, 11) is 0. The van der Waals surface area contributed by atoms with Crippen LogP contribution in [0.4, 0.5) is 0 Å². The second-order valence-electron chi connectivity index (χ2n) is 5.54. The van der Waals surface area contributed by atoms with Crippen molar-refractivity contribution in [3.05, 3.63) is 48.3 Å². The maximum atomic E-state index is 12.5. The van der Waals surface area contributed by atoms with Gasteiger partial charge in [0.25, 0.3) is 5.91 Å². The topological polar surface area (TPSA) is 38.1 Å². The van der Waals surface area contributed by atoms with Crippen molar-refractivity contribution in [2.24, 2.45) is 5.92 Å². The molecule has 4 nitrogen and oxygen atoms in total. The monoisotopic (exact) mass is 303 g/mol. The van der Waals surface area contributed by atoms with Crippen molar-refractivity contribution in [3.8, 4) is 5.69 Å². The maximum Gasteiger partial charge on any atom is 0.257 e. The van der Waals surface area contributed by atoms with Crippen molar-refractivity contribution in [3.63, 3.8) is 0 Å². The molecule has 3 rings (SSSR count). The molecule has 0 N–H and O–H groups in total. The number of likely N-dealkylation sites (tertiary alicyclic amines) is 1. The average Bonchev–Trinajstić information content (AvgIpc) is 3.00. The number of para-hydroxylation sites is 1. The normalized spacial score (nSPS) is 22.3. The van der Waals surface area contributed by atoms with E-state index < -0.39 is 0 Å². The molecule has 21 heavy (non-hydrogen) atoms. The Bertz CT molecular complexity index is 625. The average molecular weight is 304 g/mol. The van der Waals surface area contributed by atoms with Crippen molar-refractivity contribution < 1.29 is 4.79 Å². The van der Waals surface area contributed by atoms with Crippen LogP contribution in [0.2, 0.25) is 0 Å². The largest absolute Gasteiger partial charge is 0.337 e. The molecule has 2 heterocycles. The summed E-state index contributed by atoms with van der Waals surface area (Å²) in [4.78, 5) is 14.3. The van der Waals surface area contributed by atoms with E-state index in [1.807, 2.05) is 35.2 Å². The first-order valence-corrected chi connectivity index (χ1v) is 7.62. The van der Waals surface area contributed by atoms with Crippen LogP contribution in [0.15, 0.2) is 42.7 Å². The van der Waals surface area contributed by atoms with E-state index in [2.05, 4.69) is 12.0 Å². The van der Waals surface area contributed by atoms with E-state index >= 15 is 0 Å². The van der Waals surface area contributed by atoms with Gasteiger partial charge in [0.15, 0.2) is 0 Å². The number of benzene rings is 1. The van der Waals surface area contributed by atoms with E-state index in [0.717, 1.165) is 18.7 Å². The molecule has 0 spiro atoms. The molecule has 1 fully saturated rings. The van der Waals surface area contributed by atoms with Gasteiger partial charge in [-0.1, -0.05) is 25.1 Å². The molecule has 1 aliphatic heterocycles. The summed E-state index contributed by atoms with van der Waals surface area (Å²) in [6.07, 6.45) is 4.35. The third-order valence-corrected chi connectivity index (χ3v) is 4.57. The van der Waals surface area contributed by atoms with Gasteiger partial charge in [0.05, 0.1) is 22.8 Å².